The van der Waals surface area contributed by atoms with Crippen molar-refractivity contribution in [3.8, 4) is 34.5 Å². The first-order chi connectivity index (χ1) is 23.8. The number of hydrogen-bond donors (Lipinski definition) is 0. The molecule has 3 aromatic rings. The lowest BCUT2D eigenvalue weighted by molar-refractivity contribution is -0.125. The van der Waals surface area contributed by atoms with Crippen LogP contribution in [0.2, 0.25) is 18.1 Å². The van der Waals surface area contributed by atoms with E-state index in [1.807, 2.05) is 53.5 Å². The van der Waals surface area contributed by atoms with E-state index in [0.717, 1.165) is 33.6 Å². The first-order valence-corrected chi connectivity index (χ1v) is 23.0. The van der Waals surface area contributed by atoms with Crippen molar-refractivity contribution >= 4 is 32.0 Å². The Morgan fingerprint density at radius 3 is 1.90 bits per heavy atom. The zero-order valence-corrected chi connectivity index (χ0v) is 34.4. The van der Waals surface area contributed by atoms with E-state index in [0.29, 0.717) is 34.3 Å². The van der Waals surface area contributed by atoms with E-state index in [1.54, 1.807) is 0 Å². The van der Waals surface area contributed by atoms with Crippen LogP contribution in [0.1, 0.15) is 66.2 Å². The summed E-state index contributed by atoms with van der Waals surface area (Å²) in [5, 5.41) is -0.185. The highest BCUT2D eigenvalue weighted by Gasteiger charge is 2.52. The van der Waals surface area contributed by atoms with Gasteiger partial charge in [-0.05, 0) is 99.4 Å². The predicted molar refractivity (Wildman–Crippen MR) is 203 cm³/mol. The zero-order chi connectivity index (χ0) is 37.6. The smallest absolute Gasteiger partial charge is 0.231 e. The van der Waals surface area contributed by atoms with Crippen LogP contribution in [0.5, 0.6) is 34.5 Å². The van der Waals surface area contributed by atoms with Crippen molar-refractivity contribution in [2.45, 2.75) is 71.7 Å². The van der Waals surface area contributed by atoms with Crippen LogP contribution in [0.25, 0.3) is 0 Å². The number of fused-ring (bicyclic) bond motifs is 2. The van der Waals surface area contributed by atoms with Crippen molar-refractivity contribution in [1.82, 2.24) is 0 Å². The highest BCUT2D eigenvalue weighted by atomic mass is 32.7. The van der Waals surface area contributed by atoms with E-state index in [2.05, 4.69) is 46.0 Å². The van der Waals surface area contributed by atoms with Gasteiger partial charge in [0.1, 0.15) is 11.5 Å². The predicted octanol–water partition coefficient (Wildman–Crippen LogP) is 7.66. The van der Waals surface area contributed by atoms with Gasteiger partial charge in [0, 0.05) is 17.8 Å². The molecule has 0 spiro atoms. The summed E-state index contributed by atoms with van der Waals surface area (Å²) in [5.74, 6) is -0.358. The molecule has 1 heterocycles. The first kappa shape index (κ1) is 38.9. The molecule has 0 bridgehead atoms. The molecule has 0 saturated heterocycles. The van der Waals surface area contributed by atoms with Crippen LogP contribution in [0.3, 0.4) is 0 Å². The Labute approximate surface area is 305 Å². The van der Waals surface area contributed by atoms with Crippen molar-refractivity contribution in [1.29, 1.82) is 0 Å². The minimum absolute atomic E-state index is 0.0486. The summed E-state index contributed by atoms with van der Waals surface area (Å²) in [6.07, 6.45) is -0.652. The fraction of sp³-hybridized carbons (Fsp3) is 0.500. The molecule has 0 amide bonds. The second-order valence-electron chi connectivity index (χ2n) is 15.1. The lowest BCUT2D eigenvalue weighted by atomic mass is 9.64. The number of hydrogen-bond acceptors (Lipinski definition) is 10. The number of methoxy groups -OCH3 is 3. The molecule has 278 valence electrons. The second-order valence-corrected chi connectivity index (χ2v) is 23.6. The molecule has 0 fully saturated rings. The molecule has 5 rings (SSSR count). The summed E-state index contributed by atoms with van der Waals surface area (Å²) in [4.78, 5) is 14.7. The molecule has 5 atom stereocenters. The van der Waals surface area contributed by atoms with Crippen LogP contribution in [0.4, 0.5) is 0 Å². The number of benzene rings is 3. The summed E-state index contributed by atoms with van der Waals surface area (Å²) in [5.41, 5.74) is 5.29. The van der Waals surface area contributed by atoms with Crippen LogP contribution in [-0.2, 0) is 18.7 Å². The standard InChI is InChI=1S/C38H51O10PSSi/c1-21-12-22(2)35(23(3)13-21)45-18-27-34(28(39)19-50(40,41)49)33(24-14-31(42-7)37(44-9)32(15-24)43-8)25-16-29-30(47-20-46-29)17-26(25)36(27)48-51(10,11)38(4,5)6/h12-17,27,33-34,36H,18-20,49H2,1-11H3/t27-,33-,34+,36-/m0/s1. The maximum atomic E-state index is 14.7. The SMILES string of the molecule is COc1cc([C@H]2c3cc4c(cc3[C@H](O[Si](C)(C)C(C)(C)C)[C@@H](COc3c(C)cc(C)cc3C)[C@@H]2C(=O)CS(=O)(=O)P)OCO4)cc(OC)c1OC. The maximum Gasteiger partial charge on any atom is 0.231 e. The molecule has 0 aromatic heterocycles. The number of carbonyl (C=O) groups is 1. The summed E-state index contributed by atoms with van der Waals surface area (Å²) in [7, 11) is 0.0797. The number of carbonyl (C=O) groups excluding carboxylic acids is 1. The van der Waals surface area contributed by atoms with Gasteiger partial charge in [0.2, 0.25) is 12.5 Å². The van der Waals surface area contributed by atoms with Gasteiger partial charge in [-0.25, -0.2) is 8.42 Å². The van der Waals surface area contributed by atoms with Crippen LogP contribution < -0.4 is 28.4 Å². The Kier molecular flexibility index (Phi) is 11.1. The van der Waals surface area contributed by atoms with E-state index >= 15 is 0 Å². The summed E-state index contributed by atoms with van der Waals surface area (Å²) in [6.45, 7) is 17.0. The lowest BCUT2D eigenvalue weighted by Crippen LogP contribution is -2.49. The van der Waals surface area contributed by atoms with Gasteiger partial charge in [-0.2, -0.15) is 0 Å². The topological polar surface area (TPSA) is 116 Å². The van der Waals surface area contributed by atoms with Gasteiger partial charge in [-0.1, -0.05) is 38.5 Å². The van der Waals surface area contributed by atoms with Gasteiger partial charge >= 0.3 is 0 Å². The second kappa shape index (κ2) is 14.6. The summed E-state index contributed by atoms with van der Waals surface area (Å²) >= 11 is 0. The molecule has 51 heavy (non-hydrogen) atoms. The summed E-state index contributed by atoms with van der Waals surface area (Å²) < 4.78 is 68.7. The zero-order valence-electron chi connectivity index (χ0n) is 31.5. The Morgan fingerprint density at radius 2 is 1.41 bits per heavy atom. The maximum absolute atomic E-state index is 14.7. The highest BCUT2D eigenvalue weighted by molar-refractivity contribution is 8.37. The van der Waals surface area contributed by atoms with Gasteiger partial charge in [0.15, 0.2) is 46.6 Å². The normalized spacial score (nSPS) is 20.1. The van der Waals surface area contributed by atoms with Crippen molar-refractivity contribution in [2.24, 2.45) is 11.8 Å². The average molecular weight is 759 g/mol. The third kappa shape index (κ3) is 7.89. The van der Waals surface area contributed by atoms with E-state index in [9.17, 15) is 13.2 Å². The molecular weight excluding hydrogens is 708 g/mol. The van der Waals surface area contributed by atoms with Gasteiger partial charge in [0.25, 0.3) is 0 Å². The number of Topliss-reactive ketones (excluding diaryl/α,β-unsaturated/α-hetero) is 1. The molecule has 1 aliphatic heterocycles. The highest BCUT2D eigenvalue weighted by Crippen LogP contribution is 2.57. The van der Waals surface area contributed by atoms with E-state index in [-0.39, 0.29) is 18.4 Å². The monoisotopic (exact) mass is 758 g/mol. The number of ether oxygens (including phenoxy) is 6. The van der Waals surface area contributed by atoms with Crippen LogP contribution in [-0.4, -0.2) is 63.0 Å². The van der Waals surface area contributed by atoms with Crippen molar-refractivity contribution in [3.63, 3.8) is 0 Å². The molecule has 3 aromatic carbocycles. The Morgan fingerprint density at radius 1 is 0.863 bits per heavy atom. The Bertz CT molecular complexity index is 1870. The Hall–Kier alpha value is -3.31. The number of aryl methyl sites for hydroxylation is 3. The molecule has 1 unspecified atom stereocenters. The minimum atomic E-state index is -3.81. The third-order valence-corrected chi connectivity index (χ3v) is 16.1. The van der Waals surface area contributed by atoms with E-state index in [1.165, 1.54) is 21.3 Å². The van der Waals surface area contributed by atoms with Crippen LogP contribution in [0, 0.1) is 32.6 Å². The summed E-state index contributed by atoms with van der Waals surface area (Å²) in [6, 6.07) is 11.6. The average Bonchev–Trinajstić information content (AvgIpc) is 3.49. The van der Waals surface area contributed by atoms with Crippen molar-refractivity contribution in [2.75, 3.05) is 40.5 Å². The largest absolute Gasteiger partial charge is 0.493 e. The van der Waals surface area contributed by atoms with Crippen LogP contribution in [0.15, 0.2) is 36.4 Å². The van der Waals surface area contributed by atoms with Gasteiger partial charge < -0.3 is 32.8 Å². The third-order valence-electron chi connectivity index (χ3n) is 10.4. The van der Waals surface area contributed by atoms with Gasteiger partial charge in [-0.3, -0.25) is 4.79 Å². The molecule has 13 heteroatoms. The van der Waals surface area contributed by atoms with Crippen molar-refractivity contribution < 1.29 is 46.1 Å². The van der Waals surface area contributed by atoms with E-state index < -0.39 is 53.2 Å². The fourth-order valence-electron chi connectivity index (χ4n) is 7.15. The fourth-order valence-corrected chi connectivity index (χ4v) is 9.52. The molecule has 1 aliphatic carbocycles. The minimum Gasteiger partial charge on any atom is -0.493 e. The molecule has 0 saturated carbocycles. The molecule has 0 N–H and O–H groups in total. The number of ketones is 1. The van der Waals surface area contributed by atoms with Gasteiger partial charge in [0.05, 0.1) is 34.0 Å². The molecule has 10 nitrogen and oxygen atoms in total. The van der Waals surface area contributed by atoms with Gasteiger partial charge in [-0.15, -0.1) is 0 Å². The molecule has 2 aliphatic rings. The molecule has 0 radical (unpaired) electrons. The van der Waals surface area contributed by atoms with Crippen LogP contribution >= 0.6 is 8.44 Å². The lowest BCUT2D eigenvalue weighted by Gasteiger charge is -2.48. The molecular formula is C38H51O10PSSi. The Balaban J connectivity index is 1.84. The van der Waals surface area contributed by atoms with E-state index in [4.69, 9.17) is 32.8 Å². The number of rotatable bonds is 12. The first-order valence-electron chi connectivity index (χ1n) is 16.9. The quantitative estimate of drug-likeness (QED) is 0.135. The van der Waals surface area contributed by atoms with Crippen molar-refractivity contribution in [3.05, 3.63) is 69.8 Å².